The second-order valence-electron chi connectivity index (χ2n) is 5.90. The molecule has 1 fully saturated rings. The van der Waals surface area contributed by atoms with Gasteiger partial charge in [-0.05, 0) is 0 Å². The average molecular weight is 256 g/mol. The Bertz CT molecular complexity index is 176. The van der Waals surface area contributed by atoms with Crippen molar-refractivity contribution < 1.29 is 0 Å². The van der Waals surface area contributed by atoms with E-state index in [0.717, 1.165) is 13.1 Å². The first-order valence-electron chi connectivity index (χ1n) is 7.49. The molecule has 0 saturated carbocycles. The standard InChI is InChI=1S/C14H32N4/c1-13(2)15-5-7-17-9-11-18(12-10-17)8-6-16-14(3)4/h13-16H,5-12H2,1-4H3. The van der Waals surface area contributed by atoms with Gasteiger partial charge in [0.25, 0.3) is 0 Å². The molecule has 1 heterocycles. The Morgan fingerprint density at radius 1 is 0.722 bits per heavy atom. The number of hydrogen-bond acceptors (Lipinski definition) is 4. The van der Waals surface area contributed by atoms with Crippen molar-refractivity contribution >= 4 is 0 Å². The monoisotopic (exact) mass is 256 g/mol. The summed E-state index contributed by atoms with van der Waals surface area (Å²) in [5, 5.41) is 6.97. The minimum Gasteiger partial charge on any atom is -0.313 e. The van der Waals surface area contributed by atoms with E-state index in [1.165, 1.54) is 39.3 Å². The summed E-state index contributed by atoms with van der Waals surface area (Å²) < 4.78 is 0. The fourth-order valence-electron chi connectivity index (χ4n) is 2.26. The third kappa shape index (κ3) is 7.31. The van der Waals surface area contributed by atoms with Gasteiger partial charge in [-0.2, -0.15) is 0 Å². The molecule has 1 aliphatic rings. The molecular weight excluding hydrogens is 224 g/mol. The molecule has 1 rings (SSSR count). The van der Waals surface area contributed by atoms with Crippen LogP contribution in [0.2, 0.25) is 0 Å². The topological polar surface area (TPSA) is 30.5 Å². The van der Waals surface area contributed by atoms with Gasteiger partial charge in [0.1, 0.15) is 0 Å². The zero-order chi connectivity index (χ0) is 13.4. The summed E-state index contributed by atoms with van der Waals surface area (Å²) in [6.07, 6.45) is 0. The van der Waals surface area contributed by atoms with E-state index in [4.69, 9.17) is 0 Å². The highest BCUT2D eigenvalue weighted by atomic mass is 15.3. The summed E-state index contributed by atoms with van der Waals surface area (Å²) >= 11 is 0. The van der Waals surface area contributed by atoms with Gasteiger partial charge in [-0.1, -0.05) is 27.7 Å². The molecule has 0 aromatic heterocycles. The van der Waals surface area contributed by atoms with Crippen molar-refractivity contribution in [2.75, 3.05) is 52.4 Å². The third-order valence-corrected chi connectivity index (χ3v) is 3.43. The van der Waals surface area contributed by atoms with Crippen molar-refractivity contribution in [3.63, 3.8) is 0 Å². The number of piperazine rings is 1. The highest BCUT2D eigenvalue weighted by molar-refractivity contribution is 4.73. The van der Waals surface area contributed by atoms with Gasteiger partial charge in [-0.15, -0.1) is 0 Å². The fraction of sp³-hybridized carbons (Fsp3) is 1.00. The minimum absolute atomic E-state index is 0.605. The van der Waals surface area contributed by atoms with Gasteiger partial charge in [-0.25, -0.2) is 0 Å². The van der Waals surface area contributed by atoms with Crippen molar-refractivity contribution in [1.82, 2.24) is 20.4 Å². The van der Waals surface area contributed by atoms with Crippen molar-refractivity contribution in [2.24, 2.45) is 0 Å². The van der Waals surface area contributed by atoms with Crippen molar-refractivity contribution in [3.8, 4) is 0 Å². The number of nitrogens with zero attached hydrogens (tertiary/aromatic N) is 2. The molecule has 0 bridgehead atoms. The van der Waals surface area contributed by atoms with Gasteiger partial charge in [-0.3, -0.25) is 9.80 Å². The van der Waals surface area contributed by atoms with Crippen LogP contribution in [0.15, 0.2) is 0 Å². The summed E-state index contributed by atoms with van der Waals surface area (Å²) in [5.74, 6) is 0. The lowest BCUT2D eigenvalue weighted by Gasteiger charge is -2.35. The highest BCUT2D eigenvalue weighted by Gasteiger charge is 2.15. The molecule has 0 spiro atoms. The van der Waals surface area contributed by atoms with Gasteiger partial charge < -0.3 is 10.6 Å². The molecule has 4 nitrogen and oxygen atoms in total. The lowest BCUT2D eigenvalue weighted by molar-refractivity contribution is 0.132. The number of hydrogen-bond donors (Lipinski definition) is 2. The van der Waals surface area contributed by atoms with E-state index in [-0.39, 0.29) is 0 Å². The van der Waals surface area contributed by atoms with E-state index in [1.54, 1.807) is 0 Å². The van der Waals surface area contributed by atoms with Crippen LogP contribution in [-0.2, 0) is 0 Å². The van der Waals surface area contributed by atoms with Crippen LogP contribution in [-0.4, -0.2) is 74.2 Å². The zero-order valence-electron chi connectivity index (χ0n) is 12.7. The van der Waals surface area contributed by atoms with Crippen molar-refractivity contribution in [2.45, 2.75) is 39.8 Å². The highest BCUT2D eigenvalue weighted by Crippen LogP contribution is 2.00. The van der Waals surface area contributed by atoms with Gasteiger partial charge in [0.15, 0.2) is 0 Å². The van der Waals surface area contributed by atoms with Crippen molar-refractivity contribution in [3.05, 3.63) is 0 Å². The largest absolute Gasteiger partial charge is 0.313 e. The quantitative estimate of drug-likeness (QED) is 0.666. The van der Waals surface area contributed by atoms with Crippen LogP contribution in [0.25, 0.3) is 0 Å². The van der Waals surface area contributed by atoms with Gasteiger partial charge >= 0.3 is 0 Å². The number of nitrogens with one attached hydrogen (secondary N) is 2. The fourth-order valence-corrected chi connectivity index (χ4v) is 2.26. The predicted octanol–water partition coefficient (Wildman–Crippen LogP) is 0.600. The maximum absolute atomic E-state index is 3.49. The average Bonchev–Trinajstić information content (AvgIpc) is 2.30. The zero-order valence-corrected chi connectivity index (χ0v) is 12.7. The molecule has 0 aliphatic carbocycles. The van der Waals surface area contributed by atoms with E-state index in [9.17, 15) is 0 Å². The van der Waals surface area contributed by atoms with Crippen LogP contribution < -0.4 is 10.6 Å². The molecule has 4 heteroatoms. The molecule has 108 valence electrons. The maximum Gasteiger partial charge on any atom is 0.0110 e. The Hall–Kier alpha value is -0.160. The maximum atomic E-state index is 3.49. The van der Waals surface area contributed by atoms with Crippen LogP contribution in [0.1, 0.15) is 27.7 Å². The second-order valence-corrected chi connectivity index (χ2v) is 5.90. The Labute approximate surface area is 113 Å². The Kier molecular flexibility index (Phi) is 7.82. The molecule has 0 aromatic carbocycles. The Morgan fingerprint density at radius 3 is 1.33 bits per heavy atom. The molecule has 0 aromatic rings. The Morgan fingerprint density at radius 2 is 1.06 bits per heavy atom. The molecule has 0 unspecified atom stereocenters. The van der Waals surface area contributed by atoms with Crippen LogP contribution in [0.3, 0.4) is 0 Å². The minimum atomic E-state index is 0.605. The van der Waals surface area contributed by atoms with Gasteiger partial charge in [0.05, 0.1) is 0 Å². The first-order chi connectivity index (χ1) is 8.58. The van der Waals surface area contributed by atoms with Crippen LogP contribution in [0, 0.1) is 0 Å². The van der Waals surface area contributed by atoms with E-state index < -0.39 is 0 Å². The van der Waals surface area contributed by atoms with Crippen molar-refractivity contribution in [1.29, 1.82) is 0 Å². The molecule has 0 radical (unpaired) electrons. The molecule has 1 saturated heterocycles. The summed E-state index contributed by atoms with van der Waals surface area (Å²) in [6.45, 7) is 18.3. The summed E-state index contributed by atoms with van der Waals surface area (Å²) in [5.41, 5.74) is 0. The third-order valence-electron chi connectivity index (χ3n) is 3.43. The van der Waals surface area contributed by atoms with E-state index >= 15 is 0 Å². The van der Waals surface area contributed by atoms with Gasteiger partial charge in [0.2, 0.25) is 0 Å². The Balaban J connectivity index is 2.02. The number of rotatable bonds is 8. The van der Waals surface area contributed by atoms with E-state index in [1.807, 2.05) is 0 Å². The lowest BCUT2D eigenvalue weighted by Crippen LogP contribution is -2.50. The lowest BCUT2D eigenvalue weighted by atomic mass is 10.3. The SMILES string of the molecule is CC(C)NCCN1CCN(CCNC(C)C)CC1. The predicted molar refractivity (Wildman–Crippen MR) is 79.2 cm³/mol. The van der Waals surface area contributed by atoms with Crippen LogP contribution in [0.4, 0.5) is 0 Å². The van der Waals surface area contributed by atoms with Gasteiger partial charge in [0, 0.05) is 64.4 Å². The normalized spacial score (nSPS) is 19.0. The summed E-state index contributed by atoms with van der Waals surface area (Å²) in [4.78, 5) is 5.14. The van der Waals surface area contributed by atoms with Crippen LogP contribution >= 0.6 is 0 Å². The molecule has 2 N–H and O–H groups in total. The van der Waals surface area contributed by atoms with E-state index in [0.29, 0.717) is 12.1 Å². The molecule has 0 atom stereocenters. The summed E-state index contributed by atoms with van der Waals surface area (Å²) in [6, 6.07) is 1.21. The van der Waals surface area contributed by atoms with Crippen LogP contribution in [0.5, 0.6) is 0 Å². The molecular formula is C14H32N4. The van der Waals surface area contributed by atoms with E-state index in [2.05, 4.69) is 48.1 Å². The second kappa shape index (κ2) is 8.86. The smallest absolute Gasteiger partial charge is 0.0110 e. The molecule has 18 heavy (non-hydrogen) atoms. The summed E-state index contributed by atoms with van der Waals surface area (Å²) in [7, 11) is 0. The molecule has 0 amide bonds. The first kappa shape index (κ1) is 15.9. The first-order valence-corrected chi connectivity index (χ1v) is 7.49. The molecule has 1 aliphatic heterocycles.